The summed E-state index contributed by atoms with van der Waals surface area (Å²) in [5, 5.41) is 0.614. The molecule has 4 nitrogen and oxygen atoms in total. The molecule has 4 rings (SSSR count). The Morgan fingerprint density at radius 3 is 2.29 bits per heavy atom. The third kappa shape index (κ3) is 4.54. The van der Waals surface area contributed by atoms with Crippen molar-refractivity contribution >= 4 is 29.4 Å². The quantitative estimate of drug-likeness (QED) is 0.270. The number of esters is 1. The van der Waals surface area contributed by atoms with Gasteiger partial charge in [0.25, 0.3) is 0 Å². The molecule has 3 aromatic rings. The molecule has 0 saturated carbocycles. The van der Waals surface area contributed by atoms with Crippen LogP contribution >= 0.6 is 11.6 Å². The molecule has 0 bridgehead atoms. The summed E-state index contributed by atoms with van der Waals surface area (Å²) in [6.07, 6.45) is 1.65. The highest BCUT2D eigenvalue weighted by atomic mass is 35.5. The molecule has 0 unspecified atom stereocenters. The average Bonchev–Trinajstić information content (AvgIpc) is 3.04. The fraction of sp³-hybridized carbons (Fsp3) is 0.154. The van der Waals surface area contributed by atoms with Crippen LogP contribution in [0.1, 0.15) is 52.6 Å². The first-order chi connectivity index (χ1) is 14.7. The van der Waals surface area contributed by atoms with Crippen molar-refractivity contribution in [1.29, 1.82) is 0 Å². The minimum atomic E-state index is -0.471. The number of hydrogen-bond donors (Lipinski definition) is 0. The number of hydrogen-bond acceptors (Lipinski definition) is 4. The maximum atomic E-state index is 12.6. The standard InChI is InChI=1S/C26H21ClO4/c1-26(2,3)18-8-6-17(7-9-18)25(29)30-20-12-13-21-22(15-20)31-23(24(21)28)14-16-4-10-19(27)11-5-16/h4-15H,1-3H3/b23-14-. The molecule has 1 aliphatic rings. The van der Waals surface area contributed by atoms with E-state index < -0.39 is 5.97 Å². The summed E-state index contributed by atoms with van der Waals surface area (Å²) in [6.45, 7) is 6.34. The predicted molar refractivity (Wildman–Crippen MR) is 121 cm³/mol. The first-order valence-electron chi connectivity index (χ1n) is 9.87. The van der Waals surface area contributed by atoms with Crippen molar-refractivity contribution in [3.8, 4) is 11.5 Å². The third-order valence-corrected chi connectivity index (χ3v) is 5.26. The lowest BCUT2D eigenvalue weighted by Crippen LogP contribution is -2.12. The van der Waals surface area contributed by atoms with E-state index in [2.05, 4.69) is 20.8 Å². The Morgan fingerprint density at radius 2 is 1.65 bits per heavy atom. The van der Waals surface area contributed by atoms with Crippen LogP contribution in [0.5, 0.6) is 11.5 Å². The zero-order chi connectivity index (χ0) is 22.2. The maximum absolute atomic E-state index is 12.6. The first-order valence-corrected chi connectivity index (χ1v) is 10.2. The van der Waals surface area contributed by atoms with E-state index in [1.807, 2.05) is 12.1 Å². The highest BCUT2D eigenvalue weighted by molar-refractivity contribution is 6.30. The summed E-state index contributed by atoms with van der Waals surface area (Å²) in [7, 11) is 0. The van der Waals surface area contributed by atoms with Gasteiger partial charge in [-0.2, -0.15) is 0 Å². The molecule has 1 heterocycles. The fourth-order valence-electron chi connectivity index (χ4n) is 3.21. The molecule has 0 amide bonds. The van der Waals surface area contributed by atoms with Crippen molar-refractivity contribution in [2.45, 2.75) is 26.2 Å². The number of fused-ring (bicyclic) bond motifs is 1. The Hall–Kier alpha value is -3.37. The van der Waals surface area contributed by atoms with E-state index in [0.717, 1.165) is 11.1 Å². The van der Waals surface area contributed by atoms with E-state index in [4.69, 9.17) is 21.1 Å². The topological polar surface area (TPSA) is 52.6 Å². The predicted octanol–water partition coefficient (Wildman–Crippen LogP) is 6.47. The Balaban J connectivity index is 1.50. The van der Waals surface area contributed by atoms with E-state index in [1.165, 1.54) is 0 Å². The van der Waals surface area contributed by atoms with Gasteiger partial charge in [-0.05, 0) is 59.0 Å². The number of carbonyl (C=O) groups is 2. The van der Waals surface area contributed by atoms with E-state index >= 15 is 0 Å². The molecule has 1 aliphatic heterocycles. The molecular weight excluding hydrogens is 412 g/mol. The highest BCUT2D eigenvalue weighted by Gasteiger charge is 2.28. The molecule has 0 saturated heterocycles. The molecule has 0 aromatic heterocycles. The summed E-state index contributed by atoms with van der Waals surface area (Å²) < 4.78 is 11.2. The van der Waals surface area contributed by atoms with Crippen LogP contribution in [0.4, 0.5) is 0 Å². The van der Waals surface area contributed by atoms with E-state index in [0.29, 0.717) is 27.6 Å². The van der Waals surface area contributed by atoms with Gasteiger partial charge in [0.2, 0.25) is 5.78 Å². The summed E-state index contributed by atoms with van der Waals surface area (Å²) >= 11 is 5.90. The summed E-state index contributed by atoms with van der Waals surface area (Å²) in [4.78, 5) is 25.1. The van der Waals surface area contributed by atoms with Gasteiger partial charge in [-0.1, -0.05) is 56.6 Å². The van der Waals surface area contributed by atoms with Crippen LogP contribution in [-0.4, -0.2) is 11.8 Å². The lowest BCUT2D eigenvalue weighted by atomic mass is 9.87. The number of allylic oxidation sites excluding steroid dienone is 1. The van der Waals surface area contributed by atoms with Gasteiger partial charge in [-0.3, -0.25) is 4.79 Å². The summed E-state index contributed by atoms with van der Waals surface area (Å²) in [5.41, 5.74) is 2.81. The number of benzene rings is 3. The second-order valence-corrected chi connectivity index (χ2v) is 8.80. The molecule has 0 N–H and O–H groups in total. The lowest BCUT2D eigenvalue weighted by molar-refractivity contribution is 0.0734. The molecule has 31 heavy (non-hydrogen) atoms. The zero-order valence-corrected chi connectivity index (χ0v) is 18.2. The number of rotatable bonds is 3. The number of ether oxygens (including phenoxy) is 2. The molecular formula is C26H21ClO4. The monoisotopic (exact) mass is 432 g/mol. The van der Waals surface area contributed by atoms with E-state index in [1.54, 1.807) is 60.7 Å². The lowest BCUT2D eigenvalue weighted by Gasteiger charge is -2.18. The largest absolute Gasteiger partial charge is 0.452 e. The smallest absolute Gasteiger partial charge is 0.343 e. The fourth-order valence-corrected chi connectivity index (χ4v) is 3.34. The highest BCUT2D eigenvalue weighted by Crippen LogP contribution is 2.35. The first kappa shape index (κ1) is 20.9. The molecule has 5 heteroatoms. The molecule has 0 atom stereocenters. The Morgan fingerprint density at radius 1 is 0.968 bits per heavy atom. The Labute approximate surface area is 186 Å². The average molecular weight is 433 g/mol. The van der Waals surface area contributed by atoms with Gasteiger partial charge in [-0.15, -0.1) is 0 Å². The van der Waals surface area contributed by atoms with E-state index in [9.17, 15) is 9.59 Å². The number of Topliss-reactive ketones (excluding diaryl/α,β-unsaturated/α-hetero) is 1. The number of ketones is 1. The van der Waals surface area contributed by atoms with Crippen LogP contribution in [-0.2, 0) is 5.41 Å². The van der Waals surface area contributed by atoms with Crippen LogP contribution in [0.25, 0.3) is 6.08 Å². The second-order valence-electron chi connectivity index (χ2n) is 8.37. The minimum absolute atomic E-state index is 0.00350. The van der Waals surface area contributed by atoms with Crippen molar-refractivity contribution in [2.24, 2.45) is 0 Å². The normalized spacial score (nSPS) is 14.3. The molecule has 0 fully saturated rings. The summed E-state index contributed by atoms with van der Waals surface area (Å²) in [5.74, 6) is 0.184. The van der Waals surface area contributed by atoms with Gasteiger partial charge >= 0.3 is 5.97 Å². The van der Waals surface area contributed by atoms with Crippen molar-refractivity contribution in [3.05, 3.63) is 99.8 Å². The van der Waals surface area contributed by atoms with Crippen molar-refractivity contribution in [1.82, 2.24) is 0 Å². The van der Waals surface area contributed by atoms with Crippen molar-refractivity contribution < 1.29 is 19.1 Å². The third-order valence-electron chi connectivity index (χ3n) is 5.01. The van der Waals surface area contributed by atoms with Crippen LogP contribution < -0.4 is 9.47 Å². The minimum Gasteiger partial charge on any atom is -0.452 e. The molecule has 0 aliphatic carbocycles. The van der Waals surface area contributed by atoms with Gasteiger partial charge in [0.1, 0.15) is 11.5 Å². The second kappa shape index (κ2) is 8.05. The zero-order valence-electron chi connectivity index (χ0n) is 17.4. The number of halogens is 1. The van der Waals surface area contributed by atoms with Gasteiger partial charge in [0, 0.05) is 11.1 Å². The molecule has 0 radical (unpaired) electrons. The summed E-state index contributed by atoms with van der Waals surface area (Å²) in [6, 6.07) is 19.2. The van der Waals surface area contributed by atoms with Crippen LogP contribution in [0, 0.1) is 0 Å². The maximum Gasteiger partial charge on any atom is 0.343 e. The molecule has 0 spiro atoms. The van der Waals surface area contributed by atoms with Gasteiger partial charge in [0.15, 0.2) is 5.76 Å². The molecule has 3 aromatic carbocycles. The number of carbonyl (C=O) groups excluding carboxylic acids is 2. The van der Waals surface area contributed by atoms with Crippen molar-refractivity contribution in [2.75, 3.05) is 0 Å². The van der Waals surface area contributed by atoms with Gasteiger partial charge in [0.05, 0.1) is 11.1 Å². The molecule has 156 valence electrons. The Bertz CT molecular complexity index is 1180. The van der Waals surface area contributed by atoms with Crippen molar-refractivity contribution in [3.63, 3.8) is 0 Å². The SMILES string of the molecule is CC(C)(C)c1ccc(C(=O)Oc2ccc3c(c2)O/C(=C\c2ccc(Cl)cc2)C3=O)cc1. The van der Waals surface area contributed by atoms with Gasteiger partial charge < -0.3 is 9.47 Å². The van der Waals surface area contributed by atoms with Crippen LogP contribution in [0.3, 0.4) is 0 Å². The van der Waals surface area contributed by atoms with Gasteiger partial charge in [-0.25, -0.2) is 4.79 Å². The van der Waals surface area contributed by atoms with Crippen LogP contribution in [0.2, 0.25) is 5.02 Å². The van der Waals surface area contributed by atoms with Crippen LogP contribution in [0.15, 0.2) is 72.5 Å². The van der Waals surface area contributed by atoms with E-state index in [-0.39, 0.29) is 17.0 Å². The Kier molecular flexibility index (Phi) is 5.42.